The number of aromatic nitrogens is 2. The average Bonchev–Trinajstić information content (AvgIpc) is 3.39. The molecule has 0 fully saturated rings. The van der Waals surface area contributed by atoms with E-state index in [1.165, 1.54) is 53.6 Å². The lowest BCUT2D eigenvalue weighted by atomic mass is 10.1. The molecule has 2 N–H and O–H groups in total. The molecule has 0 aliphatic heterocycles. The van der Waals surface area contributed by atoms with Crippen LogP contribution in [0.4, 0.5) is 11.4 Å². The van der Waals surface area contributed by atoms with Gasteiger partial charge in [0, 0.05) is 41.3 Å². The summed E-state index contributed by atoms with van der Waals surface area (Å²) in [5.74, 6) is -0.370. The van der Waals surface area contributed by atoms with E-state index in [1.807, 2.05) is 12.1 Å². The third kappa shape index (κ3) is 5.88. The van der Waals surface area contributed by atoms with Gasteiger partial charge in [0.15, 0.2) is 0 Å². The molecule has 0 aliphatic rings. The number of hydrogen-bond acceptors (Lipinski definition) is 6. The zero-order chi connectivity index (χ0) is 25.7. The van der Waals surface area contributed by atoms with E-state index in [1.54, 1.807) is 18.2 Å². The van der Waals surface area contributed by atoms with Crippen molar-refractivity contribution in [1.29, 1.82) is 0 Å². The fourth-order valence-electron chi connectivity index (χ4n) is 3.45. The van der Waals surface area contributed by atoms with E-state index in [4.69, 9.17) is 11.6 Å². The van der Waals surface area contributed by atoms with E-state index in [0.29, 0.717) is 18.0 Å². The van der Waals surface area contributed by atoms with Crippen molar-refractivity contribution in [3.05, 3.63) is 112 Å². The normalized spacial score (nSPS) is 11.1. The van der Waals surface area contributed by atoms with Gasteiger partial charge in [-0.05, 0) is 54.4 Å². The lowest BCUT2D eigenvalue weighted by molar-refractivity contribution is -0.384. The number of nitrogens with one attached hydrogen (secondary N) is 2. The highest BCUT2D eigenvalue weighted by Crippen LogP contribution is 2.27. The predicted octanol–water partition coefficient (Wildman–Crippen LogP) is 4.21. The first-order valence-corrected chi connectivity index (χ1v) is 12.5. The first-order valence-electron chi connectivity index (χ1n) is 10.7. The minimum atomic E-state index is -4.18. The highest BCUT2D eigenvalue weighted by Gasteiger charge is 2.22. The van der Waals surface area contributed by atoms with Crippen molar-refractivity contribution in [3.8, 4) is 5.69 Å². The summed E-state index contributed by atoms with van der Waals surface area (Å²) >= 11 is 5.87. The molecule has 4 aromatic rings. The number of imidazole rings is 1. The van der Waals surface area contributed by atoms with Crippen molar-refractivity contribution < 1.29 is 18.1 Å². The quantitative estimate of drug-likeness (QED) is 0.248. The summed E-state index contributed by atoms with van der Waals surface area (Å²) in [6.07, 6.45) is 4.95. The SMILES string of the molecule is O=C(NCCc1ccc(Cl)cc1)c1cccc(NS(=O)(=O)c2ccc(-n3ccnc3)c([N+](=O)[O-])c2)c1. The van der Waals surface area contributed by atoms with Crippen molar-refractivity contribution in [1.82, 2.24) is 14.9 Å². The highest BCUT2D eigenvalue weighted by atomic mass is 35.5. The van der Waals surface area contributed by atoms with Gasteiger partial charge in [-0.15, -0.1) is 0 Å². The number of amides is 1. The van der Waals surface area contributed by atoms with Crippen LogP contribution in [0, 0.1) is 10.1 Å². The fourth-order valence-corrected chi connectivity index (χ4v) is 4.64. The average molecular weight is 526 g/mol. The van der Waals surface area contributed by atoms with Crippen molar-refractivity contribution >= 4 is 38.9 Å². The molecule has 12 heteroatoms. The van der Waals surface area contributed by atoms with Crippen LogP contribution in [0.1, 0.15) is 15.9 Å². The highest BCUT2D eigenvalue weighted by molar-refractivity contribution is 7.92. The maximum Gasteiger partial charge on any atom is 0.294 e. The van der Waals surface area contributed by atoms with Crippen molar-refractivity contribution in [2.75, 3.05) is 11.3 Å². The summed E-state index contributed by atoms with van der Waals surface area (Å²) in [4.78, 5) is 27.0. The van der Waals surface area contributed by atoms with Crippen LogP contribution in [0.25, 0.3) is 5.69 Å². The summed E-state index contributed by atoms with van der Waals surface area (Å²) in [6, 6.07) is 16.8. The molecule has 0 spiro atoms. The lowest BCUT2D eigenvalue weighted by Gasteiger charge is -2.11. The molecule has 1 amide bonds. The molecule has 36 heavy (non-hydrogen) atoms. The van der Waals surface area contributed by atoms with Gasteiger partial charge in [-0.25, -0.2) is 13.4 Å². The van der Waals surface area contributed by atoms with Gasteiger partial charge in [0.1, 0.15) is 5.69 Å². The molecule has 0 saturated heterocycles. The molecule has 4 rings (SSSR count). The number of benzene rings is 3. The molecule has 0 saturated carbocycles. The Morgan fingerprint density at radius 1 is 1.08 bits per heavy atom. The van der Waals surface area contributed by atoms with E-state index in [9.17, 15) is 23.3 Å². The van der Waals surface area contributed by atoms with Gasteiger partial charge in [-0.1, -0.05) is 29.8 Å². The molecule has 0 unspecified atom stereocenters. The molecule has 0 radical (unpaired) electrons. The van der Waals surface area contributed by atoms with Crippen LogP contribution in [0.5, 0.6) is 0 Å². The third-order valence-corrected chi connectivity index (χ3v) is 6.86. The summed E-state index contributed by atoms with van der Waals surface area (Å²) in [5, 5.41) is 15.0. The third-order valence-electron chi connectivity index (χ3n) is 5.23. The maximum atomic E-state index is 12.9. The Kier molecular flexibility index (Phi) is 7.32. The molecule has 0 atom stereocenters. The second-order valence-corrected chi connectivity index (χ2v) is 9.82. The zero-order valence-corrected chi connectivity index (χ0v) is 20.2. The van der Waals surface area contributed by atoms with Gasteiger partial charge >= 0.3 is 0 Å². The number of nitro benzene ring substituents is 1. The Hall–Kier alpha value is -4.22. The number of nitro groups is 1. The van der Waals surface area contributed by atoms with Gasteiger partial charge in [0.25, 0.3) is 21.6 Å². The van der Waals surface area contributed by atoms with Gasteiger partial charge in [-0.2, -0.15) is 0 Å². The number of rotatable bonds is 9. The maximum absolute atomic E-state index is 12.9. The van der Waals surface area contributed by atoms with Gasteiger partial charge in [0.2, 0.25) is 0 Å². The number of nitrogens with zero attached hydrogens (tertiary/aromatic N) is 3. The summed E-state index contributed by atoms with van der Waals surface area (Å²) in [6.45, 7) is 0.378. The van der Waals surface area contributed by atoms with Crippen molar-refractivity contribution in [3.63, 3.8) is 0 Å². The molecule has 1 heterocycles. The number of carbonyl (C=O) groups excluding carboxylic acids is 1. The number of anilines is 1. The first kappa shape index (κ1) is 24.9. The molecule has 0 aliphatic carbocycles. The van der Waals surface area contributed by atoms with Crippen molar-refractivity contribution in [2.45, 2.75) is 11.3 Å². The zero-order valence-electron chi connectivity index (χ0n) is 18.7. The van der Waals surface area contributed by atoms with Crippen LogP contribution in [-0.4, -0.2) is 35.3 Å². The van der Waals surface area contributed by atoms with E-state index in [-0.39, 0.29) is 27.7 Å². The summed E-state index contributed by atoms with van der Waals surface area (Å²) < 4.78 is 29.7. The Balaban J connectivity index is 1.47. The van der Waals surface area contributed by atoms with Gasteiger partial charge in [0.05, 0.1) is 16.1 Å². The second-order valence-electron chi connectivity index (χ2n) is 7.70. The largest absolute Gasteiger partial charge is 0.352 e. The second kappa shape index (κ2) is 10.6. The first-order chi connectivity index (χ1) is 17.2. The Morgan fingerprint density at radius 2 is 1.86 bits per heavy atom. The summed E-state index contributed by atoms with van der Waals surface area (Å²) in [7, 11) is -4.18. The van der Waals surface area contributed by atoms with E-state index < -0.39 is 20.6 Å². The minimum Gasteiger partial charge on any atom is -0.352 e. The van der Waals surface area contributed by atoms with E-state index >= 15 is 0 Å². The number of hydrogen-bond donors (Lipinski definition) is 2. The fraction of sp³-hybridized carbons (Fsp3) is 0.0833. The van der Waals surface area contributed by atoms with Crippen LogP contribution in [0.3, 0.4) is 0 Å². The predicted molar refractivity (Wildman–Crippen MR) is 135 cm³/mol. The summed E-state index contributed by atoms with van der Waals surface area (Å²) in [5.41, 5.74) is 1.18. The number of carbonyl (C=O) groups is 1. The Labute approximate surface area is 211 Å². The van der Waals surface area contributed by atoms with Crippen LogP contribution < -0.4 is 10.0 Å². The molecular formula is C24H20ClN5O5S. The molecule has 10 nitrogen and oxygen atoms in total. The smallest absolute Gasteiger partial charge is 0.294 e. The van der Waals surface area contributed by atoms with Crippen molar-refractivity contribution in [2.24, 2.45) is 0 Å². The molecule has 0 bridgehead atoms. The van der Waals surface area contributed by atoms with E-state index in [0.717, 1.165) is 11.6 Å². The lowest BCUT2D eigenvalue weighted by Crippen LogP contribution is -2.25. The van der Waals surface area contributed by atoms with Crippen LogP contribution in [-0.2, 0) is 16.4 Å². The number of sulfonamides is 1. The van der Waals surface area contributed by atoms with Crippen LogP contribution >= 0.6 is 11.6 Å². The van der Waals surface area contributed by atoms with Crippen LogP contribution in [0.2, 0.25) is 5.02 Å². The molecule has 3 aromatic carbocycles. The Morgan fingerprint density at radius 3 is 2.56 bits per heavy atom. The molecular weight excluding hydrogens is 506 g/mol. The monoisotopic (exact) mass is 525 g/mol. The minimum absolute atomic E-state index is 0.140. The van der Waals surface area contributed by atoms with Crippen LogP contribution in [0.15, 0.2) is 90.3 Å². The van der Waals surface area contributed by atoms with Gasteiger partial charge < -0.3 is 9.88 Å². The molecule has 1 aromatic heterocycles. The topological polar surface area (TPSA) is 136 Å². The molecule has 184 valence electrons. The number of halogens is 1. The van der Waals surface area contributed by atoms with Gasteiger partial charge in [-0.3, -0.25) is 19.6 Å². The Bertz CT molecular complexity index is 1510. The van der Waals surface area contributed by atoms with E-state index in [2.05, 4.69) is 15.0 Å². The standard InChI is InChI=1S/C24H20ClN5O5S/c25-19-6-4-17(5-7-19)10-11-27-24(31)18-2-1-3-20(14-18)28-36(34,35)21-8-9-22(23(15-21)30(32)33)29-13-12-26-16-29/h1-9,12-16,28H,10-11H2,(H,27,31).